The number of aliphatic hydroxyl groups is 1. The zero-order valence-corrected chi connectivity index (χ0v) is 19.1. The first-order valence-electron chi connectivity index (χ1n) is 11.5. The van der Waals surface area contributed by atoms with E-state index in [1.807, 2.05) is 6.92 Å². The molecule has 1 aromatic heterocycles. The predicted molar refractivity (Wildman–Crippen MR) is 117 cm³/mol. The lowest BCUT2D eigenvalue weighted by Crippen LogP contribution is -2.45. The highest BCUT2D eigenvalue weighted by Gasteiger charge is 2.49. The Kier molecular flexibility index (Phi) is 5.79. The van der Waals surface area contributed by atoms with Gasteiger partial charge in [0.2, 0.25) is 5.91 Å². The van der Waals surface area contributed by atoms with E-state index < -0.39 is 23.4 Å². The Morgan fingerprint density at radius 3 is 2.57 bits per heavy atom. The summed E-state index contributed by atoms with van der Waals surface area (Å²) in [7, 11) is 0. The Balaban J connectivity index is 1.23. The molecule has 3 aliphatic rings. The fourth-order valence-electron chi connectivity index (χ4n) is 5.39. The van der Waals surface area contributed by atoms with E-state index in [0.29, 0.717) is 51.0 Å². The summed E-state index contributed by atoms with van der Waals surface area (Å²) in [5.41, 5.74) is 1.23. The van der Waals surface area contributed by atoms with E-state index in [0.717, 1.165) is 29.1 Å². The molecule has 2 aromatic rings. The van der Waals surface area contributed by atoms with Gasteiger partial charge in [-0.15, -0.1) is 0 Å². The SMILES string of the molecule is Cc1c(C(O)CN2CCC3(CC2)CCN(c2cc(C(F)(F)F)ncn2)C3=O)ccc2c1COC2=O. The lowest BCUT2D eigenvalue weighted by atomic mass is 9.77. The average molecular weight is 490 g/mol. The number of amides is 1. The number of esters is 1. The van der Waals surface area contributed by atoms with Gasteiger partial charge in [0.1, 0.15) is 24.4 Å². The van der Waals surface area contributed by atoms with Crippen molar-refractivity contribution < 1.29 is 32.6 Å². The number of nitrogens with zero attached hydrogens (tertiary/aromatic N) is 4. The number of alkyl halides is 3. The van der Waals surface area contributed by atoms with Crippen LogP contribution in [-0.2, 0) is 22.3 Å². The topological polar surface area (TPSA) is 95.9 Å². The monoisotopic (exact) mass is 490 g/mol. The number of aliphatic hydroxyl groups excluding tert-OH is 1. The van der Waals surface area contributed by atoms with Gasteiger partial charge >= 0.3 is 12.1 Å². The molecule has 0 bridgehead atoms. The number of piperidine rings is 1. The molecule has 4 heterocycles. The minimum absolute atomic E-state index is 0.0263. The molecule has 1 amide bonds. The predicted octanol–water partition coefficient (Wildman–Crippen LogP) is 3.03. The third-order valence-corrected chi connectivity index (χ3v) is 7.54. The van der Waals surface area contributed by atoms with Crippen LogP contribution in [0.3, 0.4) is 0 Å². The highest BCUT2D eigenvalue weighted by Crippen LogP contribution is 2.43. The lowest BCUT2D eigenvalue weighted by Gasteiger charge is -2.38. The minimum Gasteiger partial charge on any atom is -0.457 e. The maximum atomic E-state index is 13.3. The van der Waals surface area contributed by atoms with E-state index in [1.54, 1.807) is 12.1 Å². The number of cyclic esters (lactones) is 1. The smallest absolute Gasteiger partial charge is 0.433 e. The first-order chi connectivity index (χ1) is 16.6. The first-order valence-corrected chi connectivity index (χ1v) is 11.5. The van der Waals surface area contributed by atoms with E-state index in [1.165, 1.54) is 4.90 Å². The summed E-state index contributed by atoms with van der Waals surface area (Å²) in [6.45, 7) is 3.93. The van der Waals surface area contributed by atoms with Crippen molar-refractivity contribution in [2.75, 3.05) is 31.1 Å². The fraction of sp³-hybridized carbons (Fsp3) is 0.500. The Bertz CT molecular complexity index is 1180. The maximum Gasteiger partial charge on any atom is 0.433 e. The number of β-amino-alcohol motifs (C(OH)–C–C–N with tert-alkyl or cyclic N) is 1. The molecule has 3 aliphatic heterocycles. The van der Waals surface area contributed by atoms with Crippen LogP contribution in [0, 0.1) is 12.3 Å². The van der Waals surface area contributed by atoms with Gasteiger partial charge in [0.25, 0.3) is 0 Å². The number of fused-ring (bicyclic) bond motifs is 1. The number of likely N-dealkylation sites (tertiary alicyclic amines) is 1. The molecule has 35 heavy (non-hydrogen) atoms. The van der Waals surface area contributed by atoms with Gasteiger partial charge in [-0.1, -0.05) is 6.07 Å². The molecule has 1 atom stereocenters. The molecule has 2 saturated heterocycles. The lowest BCUT2D eigenvalue weighted by molar-refractivity contribution is -0.141. The van der Waals surface area contributed by atoms with Crippen molar-refractivity contribution in [1.82, 2.24) is 14.9 Å². The quantitative estimate of drug-likeness (QED) is 0.659. The van der Waals surface area contributed by atoms with Gasteiger partial charge in [0.05, 0.1) is 17.1 Å². The molecule has 1 unspecified atom stereocenters. The molecule has 1 spiro atoms. The molecule has 8 nitrogen and oxygen atoms in total. The molecule has 5 rings (SSSR count). The normalized spacial score (nSPS) is 20.9. The number of carbonyl (C=O) groups is 2. The van der Waals surface area contributed by atoms with Crippen LogP contribution in [0.25, 0.3) is 0 Å². The second kappa shape index (κ2) is 8.56. The van der Waals surface area contributed by atoms with Crippen molar-refractivity contribution in [1.29, 1.82) is 0 Å². The molecule has 11 heteroatoms. The van der Waals surface area contributed by atoms with Crippen LogP contribution in [0.4, 0.5) is 19.0 Å². The van der Waals surface area contributed by atoms with E-state index >= 15 is 0 Å². The number of ether oxygens (including phenoxy) is 1. The first kappa shape index (κ1) is 23.7. The summed E-state index contributed by atoms with van der Waals surface area (Å²) >= 11 is 0. The third-order valence-electron chi connectivity index (χ3n) is 7.54. The second-order valence-corrected chi connectivity index (χ2v) is 9.44. The van der Waals surface area contributed by atoms with Gasteiger partial charge < -0.3 is 14.7 Å². The summed E-state index contributed by atoms with van der Waals surface area (Å²) in [6.07, 6.45) is -2.88. The Labute approximate surface area is 199 Å². The second-order valence-electron chi connectivity index (χ2n) is 9.44. The molecule has 186 valence electrons. The Morgan fingerprint density at radius 2 is 1.86 bits per heavy atom. The van der Waals surface area contributed by atoms with Gasteiger partial charge in [0, 0.05) is 24.7 Å². The molecule has 2 fully saturated rings. The van der Waals surface area contributed by atoms with Gasteiger partial charge in [-0.25, -0.2) is 14.8 Å². The van der Waals surface area contributed by atoms with Gasteiger partial charge in [-0.2, -0.15) is 13.2 Å². The summed E-state index contributed by atoms with van der Waals surface area (Å²) in [4.78, 5) is 35.6. The number of hydrogen-bond donors (Lipinski definition) is 1. The van der Waals surface area contributed by atoms with Gasteiger partial charge in [-0.3, -0.25) is 9.69 Å². The van der Waals surface area contributed by atoms with Crippen molar-refractivity contribution in [3.05, 3.63) is 52.5 Å². The van der Waals surface area contributed by atoms with Crippen molar-refractivity contribution in [2.45, 2.75) is 45.1 Å². The largest absolute Gasteiger partial charge is 0.457 e. The van der Waals surface area contributed by atoms with Crippen LogP contribution in [0.2, 0.25) is 0 Å². The number of rotatable bonds is 4. The Morgan fingerprint density at radius 1 is 1.14 bits per heavy atom. The summed E-state index contributed by atoms with van der Waals surface area (Å²) in [6, 6.07) is 4.26. The number of benzene rings is 1. The fourth-order valence-corrected chi connectivity index (χ4v) is 5.39. The summed E-state index contributed by atoms with van der Waals surface area (Å²) in [5.74, 6) is -0.581. The molecule has 1 N–H and O–H groups in total. The zero-order valence-electron chi connectivity index (χ0n) is 19.1. The average Bonchev–Trinajstić information content (AvgIpc) is 3.36. The van der Waals surface area contributed by atoms with Crippen LogP contribution in [0.5, 0.6) is 0 Å². The van der Waals surface area contributed by atoms with E-state index in [2.05, 4.69) is 14.9 Å². The van der Waals surface area contributed by atoms with Gasteiger partial charge in [-0.05, 0) is 56.5 Å². The minimum atomic E-state index is -4.61. The van der Waals surface area contributed by atoms with Crippen LogP contribution < -0.4 is 4.90 Å². The van der Waals surface area contributed by atoms with E-state index in [4.69, 9.17) is 4.74 Å². The molecule has 0 aliphatic carbocycles. The van der Waals surface area contributed by atoms with Crippen LogP contribution in [0.1, 0.15) is 58.1 Å². The zero-order chi connectivity index (χ0) is 25.0. The number of halogens is 3. The molecule has 0 radical (unpaired) electrons. The molecular formula is C24H25F3N4O4. The molecule has 1 aromatic carbocycles. The van der Waals surface area contributed by atoms with E-state index in [-0.39, 0.29) is 24.3 Å². The Hall–Kier alpha value is -3.05. The standard InChI is InChI=1S/C24H25F3N4O4/c1-14-15(2-3-16-17(14)12-35-21(16)33)18(32)11-30-7-4-23(5-8-30)6-9-31(22(23)34)20-10-19(24(25,26)27)28-13-29-20/h2-3,10,13,18,32H,4-9,11-12H2,1H3. The molecule has 0 saturated carbocycles. The summed E-state index contributed by atoms with van der Waals surface area (Å²) in [5, 5.41) is 10.9. The van der Waals surface area contributed by atoms with Gasteiger partial charge in [0.15, 0.2) is 0 Å². The maximum absolute atomic E-state index is 13.3. The molecular weight excluding hydrogens is 465 g/mol. The summed E-state index contributed by atoms with van der Waals surface area (Å²) < 4.78 is 44.2. The van der Waals surface area contributed by atoms with Crippen molar-refractivity contribution in [2.24, 2.45) is 5.41 Å². The van der Waals surface area contributed by atoms with Crippen LogP contribution >= 0.6 is 0 Å². The van der Waals surface area contributed by atoms with Crippen molar-refractivity contribution >= 4 is 17.7 Å². The number of hydrogen-bond acceptors (Lipinski definition) is 7. The number of anilines is 1. The van der Waals surface area contributed by atoms with Crippen molar-refractivity contribution in [3.8, 4) is 0 Å². The highest BCUT2D eigenvalue weighted by atomic mass is 19.4. The van der Waals surface area contributed by atoms with Crippen molar-refractivity contribution in [3.63, 3.8) is 0 Å². The van der Waals surface area contributed by atoms with E-state index in [9.17, 15) is 27.9 Å². The highest BCUT2D eigenvalue weighted by molar-refractivity contribution is 5.99. The number of aromatic nitrogens is 2. The third kappa shape index (κ3) is 4.16. The van der Waals surface area contributed by atoms with Crippen LogP contribution in [-0.4, -0.2) is 58.0 Å². The number of carbonyl (C=O) groups excluding carboxylic acids is 2. The van der Waals surface area contributed by atoms with Crippen LogP contribution in [0.15, 0.2) is 24.5 Å².